The third kappa shape index (κ3) is 2.82. The van der Waals surface area contributed by atoms with Crippen LogP contribution in [0.15, 0.2) is 42.5 Å². The molecule has 0 bridgehead atoms. The Morgan fingerprint density at radius 1 is 1.19 bits per heavy atom. The van der Waals surface area contributed by atoms with Crippen LogP contribution in [0.5, 0.6) is 0 Å². The monoisotopic (exact) mass is 304 g/mol. The molecule has 2 nitrogen and oxygen atoms in total. The van der Waals surface area contributed by atoms with Crippen molar-refractivity contribution < 1.29 is 4.39 Å². The molecular formula is C17H18ClFN2. The minimum absolute atomic E-state index is 0.127. The highest BCUT2D eigenvalue weighted by Gasteiger charge is 2.25. The predicted octanol–water partition coefficient (Wildman–Crippen LogP) is 4.30. The van der Waals surface area contributed by atoms with Gasteiger partial charge in [-0.05, 0) is 47.6 Å². The first-order valence-corrected chi connectivity index (χ1v) is 7.58. The van der Waals surface area contributed by atoms with Crippen LogP contribution in [0, 0.1) is 5.82 Å². The van der Waals surface area contributed by atoms with E-state index in [4.69, 9.17) is 17.4 Å². The summed E-state index contributed by atoms with van der Waals surface area (Å²) in [5.74, 6) is 5.92. The van der Waals surface area contributed by atoms with Crippen LogP contribution < -0.4 is 11.3 Å². The van der Waals surface area contributed by atoms with Gasteiger partial charge in [-0.15, -0.1) is 0 Å². The lowest BCUT2D eigenvalue weighted by Gasteiger charge is -2.30. The smallest absolute Gasteiger partial charge is 0.142 e. The molecule has 1 aliphatic carbocycles. The van der Waals surface area contributed by atoms with Crippen molar-refractivity contribution in [1.82, 2.24) is 5.43 Å². The Labute approximate surface area is 129 Å². The van der Waals surface area contributed by atoms with Gasteiger partial charge >= 0.3 is 0 Å². The second-order valence-electron chi connectivity index (χ2n) is 5.53. The summed E-state index contributed by atoms with van der Waals surface area (Å²) in [7, 11) is 0. The molecule has 4 heteroatoms. The van der Waals surface area contributed by atoms with Crippen LogP contribution in [0.4, 0.5) is 4.39 Å². The summed E-state index contributed by atoms with van der Waals surface area (Å²) < 4.78 is 13.7. The number of rotatable bonds is 4. The topological polar surface area (TPSA) is 38.0 Å². The summed E-state index contributed by atoms with van der Waals surface area (Å²) in [6, 6.07) is 12.9. The number of benzene rings is 2. The molecule has 0 aromatic heterocycles. The van der Waals surface area contributed by atoms with Crippen molar-refractivity contribution in [3.8, 4) is 0 Å². The first kappa shape index (κ1) is 14.5. The largest absolute Gasteiger partial charge is 0.271 e. The van der Waals surface area contributed by atoms with E-state index in [0.717, 1.165) is 11.1 Å². The van der Waals surface area contributed by atoms with Gasteiger partial charge in [0.2, 0.25) is 0 Å². The SMILES string of the molecule is NNC(c1ccc(Cl)c(F)c1)c1ccccc1C1CCC1. The fourth-order valence-electron chi connectivity index (χ4n) is 2.92. The fraction of sp³-hybridized carbons (Fsp3) is 0.294. The Morgan fingerprint density at radius 2 is 1.95 bits per heavy atom. The van der Waals surface area contributed by atoms with Crippen molar-refractivity contribution in [3.05, 3.63) is 70.0 Å². The fourth-order valence-corrected chi connectivity index (χ4v) is 3.04. The van der Waals surface area contributed by atoms with Crippen molar-refractivity contribution in [2.24, 2.45) is 5.84 Å². The highest BCUT2D eigenvalue weighted by atomic mass is 35.5. The molecule has 2 aromatic rings. The maximum Gasteiger partial charge on any atom is 0.142 e. The maximum atomic E-state index is 13.7. The normalized spacial score (nSPS) is 16.5. The van der Waals surface area contributed by atoms with Gasteiger partial charge in [-0.1, -0.05) is 48.4 Å². The Kier molecular flexibility index (Phi) is 4.24. The summed E-state index contributed by atoms with van der Waals surface area (Å²) in [4.78, 5) is 0. The number of hydrogen-bond donors (Lipinski definition) is 2. The Hall–Kier alpha value is -1.42. The van der Waals surface area contributed by atoms with E-state index in [9.17, 15) is 4.39 Å². The summed E-state index contributed by atoms with van der Waals surface area (Å²) >= 11 is 5.76. The second kappa shape index (κ2) is 6.14. The molecule has 2 aromatic carbocycles. The first-order valence-electron chi connectivity index (χ1n) is 7.20. The number of hydrogen-bond acceptors (Lipinski definition) is 2. The van der Waals surface area contributed by atoms with Crippen LogP contribution in [0.2, 0.25) is 5.02 Å². The minimum Gasteiger partial charge on any atom is -0.271 e. The molecular weight excluding hydrogens is 287 g/mol. The quantitative estimate of drug-likeness (QED) is 0.653. The van der Waals surface area contributed by atoms with Gasteiger partial charge in [-0.2, -0.15) is 0 Å². The number of halogens is 2. The molecule has 1 atom stereocenters. The van der Waals surface area contributed by atoms with Crippen LogP contribution in [0.1, 0.15) is 47.9 Å². The van der Waals surface area contributed by atoms with E-state index in [1.807, 2.05) is 18.2 Å². The van der Waals surface area contributed by atoms with Gasteiger partial charge in [0.25, 0.3) is 0 Å². The molecule has 0 radical (unpaired) electrons. The van der Waals surface area contributed by atoms with Gasteiger partial charge in [-0.3, -0.25) is 5.84 Å². The summed E-state index contributed by atoms with van der Waals surface area (Å²) in [5.41, 5.74) is 6.02. The van der Waals surface area contributed by atoms with E-state index in [0.29, 0.717) is 5.92 Å². The Morgan fingerprint density at radius 3 is 2.57 bits per heavy atom. The van der Waals surface area contributed by atoms with E-state index in [2.05, 4.69) is 17.6 Å². The molecule has 0 amide bonds. The van der Waals surface area contributed by atoms with Crippen LogP contribution >= 0.6 is 11.6 Å². The average Bonchev–Trinajstić information content (AvgIpc) is 2.43. The van der Waals surface area contributed by atoms with Crippen molar-refractivity contribution >= 4 is 11.6 Å². The average molecular weight is 305 g/mol. The molecule has 3 N–H and O–H groups in total. The zero-order chi connectivity index (χ0) is 14.8. The molecule has 110 valence electrons. The summed E-state index contributed by atoms with van der Waals surface area (Å²) in [6.45, 7) is 0. The van der Waals surface area contributed by atoms with Crippen LogP contribution in [0.3, 0.4) is 0 Å². The molecule has 21 heavy (non-hydrogen) atoms. The Bertz CT molecular complexity index is 640. The Balaban J connectivity index is 2.01. The maximum absolute atomic E-state index is 13.7. The first-order chi connectivity index (χ1) is 10.2. The summed E-state index contributed by atoms with van der Waals surface area (Å²) in [6.07, 6.45) is 3.70. The number of nitrogens with one attached hydrogen (secondary N) is 1. The van der Waals surface area contributed by atoms with E-state index in [1.165, 1.54) is 30.9 Å². The van der Waals surface area contributed by atoms with E-state index >= 15 is 0 Å². The van der Waals surface area contributed by atoms with Gasteiger partial charge < -0.3 is 0 Å². The number of nitrogens with two attached hydrogens (primary N) is 1. The lowest BCUT2D eigenvalue weighted by molar-refractivity contribution is 0.414. The minimum atomic E-state index is -0.421. The highest BCUT2D eigenvalue weighted by molar-refractivity contribution is 6.30. The van der Waals surface area contributed by atoms with Crippen LogP contribution in [0.25, 0.3) is 0 Å². The van der Waals surface area contributed by atoms with Gasteiger partial charge in [0.1, 0.15) is 5.82 Å². The van der Waals surface area contributed by atoms with Crippen LogP contribution in [-0.4, -0.2) is 0 Å². The molecule has 0 heterocycles. The van der Waals surface area contributed by atoms with Crippen molar-refractivity contribution in [2.45, 2.75) is 31.2 Å². The van der Waals surface area contributed by atoms with Gasteiger partial charge in [0.15, 0.2) is 0 Å². The van der Waals surface area contributed by atoms with Crippen LogP contribution in [-0.2, 0) is 0 Å². The molecule has 1 aliphatic rings. The standard InChI is InChI=1S/C17H18ClFN2/c18-15-9-8-12(10-16(15)19)17(21-20)14-7-2-1-6-13(14)11-4-3-5-11/h1-2,6-11,17,21H,3-5,20H2. The number of hydrazine groups is 1. The zero-order valence-corrected chi connectivity index (χ0v) is 12.4. The van der Waals surface area contributed by atoms with Gasteiger partial charge in [0, 0.05) is 0 Å². The summed E-state index contributed by atoms with van der Waals surface area (Å²) in [5, 5.41) is 0.127. The molecule has 0 saturated heterocycles. The van der Waals surface area contributed by atoms with Crippen molar-refractivity contribution in [2.75, 3.05) is 0 Å². The second-order valence-corrected chi connectivity index (χ2v) is 5.94. The molecule has 0 aliphatic heterocycles. The van der Waals surface area contributed by atoms with E-state index in [-0.39, 0.29) is 11.1 Å². The molecule has 1 fully saturated rings. The van der Waals surface area contributed by atoms with Gasteiger partial charge in [-0.25, -0.2) is 9.82 Å². The van der Waals surface area contributed by atoms with Crippen molar-refractivity contribution in [1.29, 1.82) is 0 Å². The molecule has 0 spiro atoms. The molecule has 3 rings (SSSR count). The van der Waals surface area contributed by atoms with Crippen molar-refractivity contribution in [3.63, 3.8) is 0 Å². The predicted molar refractivity (Wildman–Crippen MR) is 83.6 cm³/mol. The third-order valence-electron chi connectivity index (χ3n) is 4.30. The molecule has 1 saturated carbocycles. The van der Waals surface area contributed by atoms with Gasteiger partial charge in [0.05, 0.1) is 11.1 Å². The van der Waals surface area contributed by atoms with E-state index in [1.54, 1.807) is 6.07 Å². The lowest BCUT2D eigenvalue weighted by atomic mass is 9.76. The third-order valence-corrected chi connectivity index (χ3v) is 4.60. The zero-order valence-electron chi connectivity index (χ0n) is 11.7. The highest BCUT2D eigenvalue weighted by Crippen LogP contribution is 2.40. The molecule has 1 unspecified atom stereocenters. The lowest BCUT2D eigenvalue weighted by Crippen LogP contribution is -2.30. The van der Waals surface area contributed by atoms with E-state index < -0.39 is 5.82 Å².